The number of urea groups is 1. The maximum atomic E-state index is 11.6. The van der Waals surface area contributed by atoms with E-state index < -0.39 is 23.3 Å². The number of carboxylic acid groups (broad SMARTS) is 1. The van der Waals surface area contributed by atoms with Crippen molar-refractivity contribution < 1.29 is 19.5 Å². The Morgan fingerprint density at radius 1 is 1.28 bits per heavy atom. The van der Waals surface area contributed by atoms with E-state index >= 15 is 0 Å². The number of imide groups is 1. The molecule has 6 heteroatoms. The second-order valence-corrected chi connectivity index (χ2v) is 5.75. The van der Waals surface area contributed by atoms with Gasteiger partial charge in [-0.3, -0.25) is 14.9 Å². The quantitative estimate of drug-likeness (QED) is 0.686. The molecule has 18 heavy (non-hydrogen) atoms. The van der Waals surface area contributed by atoms with Gasteiger partial charge >= 0.3 is 12.0 Å². The molecule has 0 spiro atoms. The first-order valence-electron chi connectivity index (χ1n) is 6.02. The van der Waals surface area contributed by atoms with Gasteiger partial charge in [0.25, 0.3) is 0 Å². The second kappa shape index (κ2) is 5.37. The summed E-state index contributed by atoms with van der Waals surface area (Å²) in [6.45, 7) is 5.38. The first-order chi connectivity index (χ1) is 8.19. The summed E-state index contributed by atoms with van der Waals surface area (Å²) in [6.07, 6.45) is 0.834. The third-order valence-electron chi connectivity index (χ3n) is 2.95. The Morgan fingerprint density at radius 3 is 2.28 bits per heavy atom. The smallest absolute Gasteiger partial charge is 0.321 e. The van der Waals surface area contributed by atoms with Gasteiger partial charge in [-0.15, -0.1) is 0 Å². The Bertz CT molecular complexity index is 365. The predicted molar refractivity (Wildman–Crippen MR) is 64.9 cm³/mol. The average Bonchev–Trinajstić information content (AvgIpc) is 2.75. The lowest BCUT2D eigenvalue weighted by Gasteiger charge is -2.21. The van der Waals surface area contributed by atoms with Crippen molar-refractivity contribution in [2.45, 2.75) is 46.1 Å². The number of carbonyl (C=O) groups is 3. The van der Waals surface area contributed by atoms with Crippen molar-refractivity contribution >= 4 is 17.9 Å². The van der Waals surface area contributed by atoms with Gasteiger partial charge in [0.05, 0.1) is 6.42 Å². The maximum Gasteiger partial charge on any atom is 0.321 e. The van der Waals surface area contributed by atoms with Crippen molar-refractivity contribution in [3.05, 3.63) is 0 Å². The summed E-state index contributed by atoms with van der Waals surface area (Å²) in [5, 5.41) is 13.6. The maximum absolute atomic E-state index is 11.6. The lowest BCUT2D eigenvalue weighted by molar-refractivity contribution is -0.139. The van der Waals surface area contributed by atoms with Crippen molar-refractivity contribution in [3.8, 4) is 0 Å². The Hall–Kier alpha value is -1.59. The molecule has 1 rings (SSSR count). The number of carboxylic acids is 1. The number of amides is 3. The number of rotatable bonds is 5. The van der Waals surface area contributed by atoms with Gasteiger partial charge in [0.1, 0.15) is 0 Å². The molecule has 0 bridgehead atoms. The number of aliphatic carboxylic acids is 1. The minimum Gasteiger partial charge on any atom is -0.481 e. The fraction of sp³-hybridized carbons (Fsp3) is 0.750. The largest absolute Gasteiger partial charge is 0.481 e. The van der Waals surface area contributed by atoms with Crippen molar-refractivity contribution in [2.75, 3.05) is 0 Å². The minimum absolute atomic E-state index is 0.00689. The number of nitrogens with one attached hydrogen (secondary N) is 2. The molecule has 2 atom stereocenters. The summed E-state index contributed by atoms with van der Waals surface area (Å²) >= 11 is 0. The number of carbonyl (C=O) groups excluding carboxylic acids is 2. The molecule has 0 saturated heterocycles. The van der Waals surface area contributed by atoms with E-state index in [4.69, 9.17) is 5.11 Å². The molecule has 1 aliphatic rings. The molecule has 0 radical (unpaired) electrons. The number of hydrogen-bond donors (Lipinski definition) is 3. The molecule has 2 unspecified atom stereocenters. The number of hydrogen-bond acceptors (Lipinski definition) is 3. The summed E-state index contributed by atoms with van der Waals surface area (Å²) < 4.78 is 0. The molecule has 1 fully saturated rings. The topological polar surface area (TPSA) is 95.5 Å². The molecule has 102 valence electrons. The van der Waals surface area contributed by atoms with Gasteiger partial charge in [-0.1, -0.05) is 20.8 Å². The molecule has 1 aliphatic carbocycles. The summed E-state index contributed by atoms with van der Waals surface area (Å²) in [7, 11) is 0. The first-order valence-corrected chi connectivity index (χ1v) is 6.02. The third kappa shape index (κ3) is 5.16. The van der Waals surface area contributed by atoms with Gasteiger partial charge in [0, 0.05) is 12.5 Å². The van der Waals surface area contributed by atoms with Gasteiger partial charge in [0.15, 0.2) is 0 Å². The Kier molecular flexibility index (Phi) is 4.32. The van der Waals surface area contributed by atoms with Gasteiger partial charge in [0.2, 0.25) is 5.91 Å². The van der Waals surface area contributed by atoms with Crippen molar-refractivity contribution in [1.82, 2.24) is 10.6 Å². The first kappa shape index (κ1) is 14.5. The van der Waals surface area contributed by atoms with Gasteiger partial charge in [-0.2, -0.15) is 0 Å². The van der Waals surface area contributed by atoms with Crippen LogP contribution in [0.1, 0.15) is 40.0 Å². The molecule has 0 heterocycles. The Labute approximate surface area is 106 Å². The minimum atomic E-state index is -0.955. The van der Waals surface area contributed by atoms with Crippen LogP contribution in [0.2, 0.25) is 0 Å². The normalized spacial score (nSPS) is 22.2. The molecule has 0 aromatic rings. The third-order valence-corrected chi connectivity index (χ3v) is 2.95. The fourth-order valence-corrected chi connectivity index (χ4v) is 1.80. The van der Waals surface area contributed by atoms with Crippen LogP contribution in [0.25, 0.3) is 0 Å². The Balaban J connectivity index is 2.31. The average molecular weight is 256 g/mol. The molecular weight excluding hydrogens is 236 g/mol. The zero-order valence-electron chi connectivity index (χ0n) is 10.9. The molecule has 0 aromatic carbocycles. The van der Waals surface area contributed by atoms with Crippen LogP contribution in [0.15, 0.2) is 0 Å². The summed E-state index contributed by atoms with van der Waals surface area (Å²) in [5.41, 5.74) is -0.664. The predicted octanol–water partition coefficient (Wildman–Crippen LogP) is 1.11. The molecule has 1 saturated carbocycles. The van der Waals surface area contributed by atoms with E-state index in [1.54, 1.807) is 13.8 Å². The standard InChI is InChI=1S/C12H20N2O4/c1-7-4-8(7)13-11(18)14-9(15)5-12(2,3)6-10(16)17/h7-8H,4-6H2,1-3H3,(H,16,17)(H2,13,14,15,18). The summed E-state index contributed by atoms with van der Waals surface area (Å²) in [6, 6.07) is -0.342. The van der Waals surface area contributed by atoms with Crippen molar-refractivity contribution in [2.24, 2.45) is 11.3 Å². The molecular formula is C12H20N2O4. The molecule has 3 N–H and O–H groups in total. The van der Waals surface area contributed by atoms with Crippen LogP contribution < -0.4 is 10.6 Å². The SMILES string of the molecule is CC1CC1NC(=O)NC(=O)CC(C)(C)CC(=O)O. The van der Waals surface area contributed by atoms with Crippen molar-refractivity contribution in [1.29, 1.82) is 0 Å². The highest BCUT2D eigenvalue weighted by molar-refractivity contribution is 5.94. The molecule has 0 aliphatic heterocycles. The van der Waals surface area contributed by atoms with Crippen molar-refractivity contribution in [3.63, 3.8) is 0 Å². The van der Waals surface area contributed by atoms with Gasteiger partial charge in [-0.05, 0) is 17.8 Å². The highest BCUT2D eigenvalue weighted by Gasteiger charge is 2.34. The molecule has 6 nitrogen and oxygen atoms in total. The van der Waals surface area contributed by atoms with Crippen LogP contribution >= 0.6 is 0 Å². The second-order valence-electron chi connectivity index (χ2n) is 5.75. The van der Waals surface area contributed by atoms with E-state index in [1.165, 1.54) is 0 Å². The van der Waals surface area contributed by atoms with E-state index in [-0.39, 0.29) is 18.9 Å². The highest BCUT2D eigenvalue weighted by Crippen LogP contribution is 2.28. The molecule has 3 amide bonds. The Morgan fingerprint density at radius 2 is 1.83 bits per heavy atom. The van der Waals surface area contributed by atoms with Crippen LogP contribution in [0.3, 0.4) is 0 Å². The lowest BCUT2D eigenvalue weighted by atomic mass is 9.85. The molecule has 0 aromatic heterocycles. The van der Waals surface area contributed by atoms with Gasteiger partial charge in [-0.25, -0.2) is 4.79 Å². The summed E-state index contributed by atoms with van der Waals surface area (Å²) in [5.74, 6) is -0.939. The lowest BCUT2D eigenvalue weighted by Crippen LogP contribution is -2.42. The summed E-state index contributed by atoms with van der Waals surface area (Å²) in [4.78, 5) is 33.6. The van der Waals surface area contributed by atoms with Crippen LogP contribution in [0.4, 0.5) is 4.79 Å². The monoisotopic (exact) mass is 256 g/mol. The highest BCUT2D eigenvalue weighted by atomic mass is 16.4. The van der Waals surface area contributed by atoms with Crippen LogP contribution in [0, 0.1) is 11.3 Å². The van der Waals surface area contributed by atoms with E-state index in [9.17, 15) is 14.4 Å². The van der Waals surface area contributed by atoms with E-state index in [1.807, 2.05) is 6.92 Å². The zero-order chi connectivity index (χ0) is 13.9. The zero-order valence-corrected chi connectivity index (χ0v) is 10.9. The van der Waals surface area contributed by atoms with Crippen LogP contribution in [-0.4, -0.2) is 29.1 Å². The van der Waals surface area contributed by atoms with Crippen LogP contribution in [0.5, 0.6) is 0 Å². The van der Waals surface area contributed by atoms with Crippen LogP contribution in [-0.2, 0) is 9.59 Å². The van der Waals surface area contributed by atoms with E-state index in [0.29, 0.717) is 5.92 Å². The van der Waals surface area contributed by atoms with E-state index in [2.05, 4.69) is 10.6 Å². The van der Waals surface area contributed by atoms with E-state index in [0.717, 1.165) is 6.42 Å². The van der Waals surface area contributed by atoms with Gasteiger partial charge < -0.3 is 10.4 Å². The fourth-order valence-electron chi connectivity index (χ4n) is 1.80.